The first-order valence-corrected chi connectivity index (χ1v) is 5.31. The van der Waals surface area contributed by atoms with Crippen LogP contribution in [0.1, 0.15) is 20.7 Å². The molecule has 84 valence electrons. The molecule has 7 heteroatoms. The molecule has 1 unspecified atom stereocenters. The summed E-state index contributed by atoms with van der Waals surface area (Å²) < 4.78 is 24.1. The molecule has 1 aliphatic rings. The number of quaternary nitrogens is 1. The molecule has 1 aliphatic heterocycles. The van der Waals surface area contributed by atoms with Crippen molar-refractivity contribution in [2.24, 2.45) is 0 Å². The molecule has 0 bridgehead atoms. The normalized spacial score (nSPS) is 19.6. The molecule has 0 saturated carbocycles. The Bertz CT molecular complexity index is 477. The molecule has 6 nitrogen and oxygen atoms in total. The van der Waals surface area contributed by atoms with Crippen LogP contribution >= 0.6 is 0 Å². The lowest BCUT2D eigenvalue weighted by Gasteiger charge is -2.20. The number of carbonyl (C=O) groups excluding carboxylic acids is 2. The van der Waals surface area contributed by atoms with Crippen molar-refractivity contribution in [2.75, 3.05) is 7.05 Å². The average Bonchev–Trinajstić information content (AvgIpc) is 2.42. The lowest BCUT2D eigenvalue weighted by atomic mass is 10.1. The van der Waals surface area contributed by atoms with Crippen LogP contribution in [0, 0.1) is 0 Å². The van der Waals surface area contributed by atoms with Gasteiger partial charge < -0.3 is 4.55 Å². The Balaban J connectivity index is 2.53. The monoisotopic (exact) mass is 241 g/mol. The second-order valence-corrected chi connectivity index (χ2v) is 3.92. The quantitative estimate of drug-likeness (QED) is 0.418. The number of hydrogen-bond donors (Lipinski definition) is 0. The van der Waals surface area contributed by atoms with Crippen LogP contribution in [0.5, 0.6) is 0 Å². The summed E-state index contributed by atoms with van der Waals surface area (Å²) in [7, 11) is 1.10. The third kappa shape index (κ3) is 1.41. The summed E-state index contributed by atoms with van der Waals surface area (Å²) in [6.07, 6.45) is 0. The highest BCUT2D eigenvalue weighted by molar-refractivity contribution is 7.73. The van der Waals surface area contributed by atoms with Gasteiger partial charge in [0.15, 0.2) is 0 Å². The van der Waals surface area contributed by atoms with E-state index in [0.29, 0.717) is 0 Å². The van der Waals surface area contributed by atoms with Crippen LogP contribution in [0.4, 0.5) is 0 Å². The number of hydrogen-bond acceptors (Lipinski definition) is 5. The topological polar surface area (TPSA) is 83.5 Å². The number of amides is 2. The Morgan fingerprint density at radius 3 is 2.00 bits per heavy atom. The Morgan fingerprint density at radius 2 is 1.62 bits per heavy atom. The van der Waals surface area contributed by atoms with Gasteiger partial charge in [0.05, 0.1) is 11.1 Å². The fraction of sp³-hybridized carbons (Fsp3) is 0.111. The van der Waals surface area contributed by atoms with Gasteiger partial charge in [0, 0.05) is 0 Å². The van der Waals surface area contributed by atoms with Crippen molar-refractivity contribution in [3.63, 3.8) is 0 Å². The smallest absolute Gasteiger partial charge is 0.387 e. The Morgan fingerprint density at radius 1 is 1.19 bits per heavy atom. The number of imide groups is 1. The van der Waals surface area contributed by atoms with Gasteiger partial charge in [0.25, 0.3) is 0 Å². The fourth-order valence-electron chi connectivity index (χ4n) is 1.60. The van der Waals surface area contributed by atoms with Crippen molar-refractivity contribution in [3.05, 3.63) is 35.4 Å². The van der Waals surface area contributed by atoms with Gasteiger partial charge in [-0.25, -0.2) is 13.8 Å². The van der Waals surface area contributed by atoms with Crippen LogP contribution in [0.15, 0.2) is 24.3 Å². The molecule has 0 radical (unpaired) electrons. The zero-order valence-electron chi connectivity index (χ0n) is 8.21. The summed E-state index contributed by atoms with van der Waals surface area (Å²) in [6, 6.07) is 6.09. The standard InChI is InChI=1S/C9H7NO5S/c1-10(15-16(13)14)8(11)6-4-2-3-5-7(6)9(10)12/h2-5H,1H3. The van der Waals surface area contributed by atoms with Crippen molar-refractivity contribution in [3.8, 4) is 0 Å². The predicted octanol–water partition coefficient (Wildman–Crippen LogP) is 0.153. The zero-order valence-corrected chi connectivity index (χ0v) is 9.02. The van der Waals surface area contributed by atoms with E-state index < -0.39 is 27.8 Å². The van der Waals surface area contributed by atoms with Crippen LogP contribution in [0.2, 0.25) is 0 Å². The minimum Gasteiger partial charge on any atom is -0.745 e. The molecule has 0 aromatic heterocycles. The molecule has 2 amide bonds. The number of benzene rings is 1. The van der Waals surface area contributed by atoms with E-state index in [1.807, 2.05) is 0 Å². The van der Waals surface area contributed by atoms with Gasteiger partial charge in [-0.2, -0.15) is 0 Å². The first kappa shape index (κ1) is 11.1. The Hall–Kier alpha value is -1.41. The molecule has 0 saturated heterocycles. The molecular formula is C9H7NO5S. The van der Waals surface area contributed by atoms with E-state index in [1.165, 1.54) is 12.1 Å². The molecule has 0 fully saturated rings. The summed E-state index contributed by atoms with van der Waals surface area (Å²) in [4.78, 5) is 23.6. The second kappa shape index (κ2) is 3.56. The van der Waals surface area contributed by atoms with Crippen LogP contribution < -0.4 is 0 Å². The van der Waals surface area contributed by atoms with Gasteiger partial charge in [-0.05, 0) is 16.8 Å². The molecule has 1 aromatic carbocycles. The third-order valence-corrected chi connectivity index (χ3v) is 2.79. The van der Waals surface area contributed by atoms with E-state index in [1.54, 1.807) is 12.1 Å². The Labute approximate surface area is 93.5 Å². The molecule has 0 spiro atoms. The molecule has 16 heavy (non-hydrogen) atoms. The maximum Gasteiger partial charge on any atom is 0.387 e. The van der Waals surface area contributed by atoms with Gasteiger partial charge in [-0.1, -0.05) is 16.4 Å². The van der Waals surface area contributed by atoms with Gasteiger partial charge in [-0.3, -0.25) is 0 Å². The van der Waals surface area contributed by atoms with E-state index >= 15 is 0 Å². The third-order valence-electron chi connectivity index (χ3n) is 2.37. The van der Waals surface area contributed by atoms with Gasteiger partial charge in [-0.15, -0.1) is 0 Å². The maximum atomic E-state index is 11.8. The highest BCUT2D eigenvalue weighted by Gasteiger charge is 2.54. The van der Waals surface area contributed by atoms with Crippen LogP contribution in [-0.4, -0.2) is 32.3 Å². The van der Waals surface area contributed by atoms with Crippen LogP contribution in [0.3, 0.4) is 0 Å². The summed E-state index contributed by atoms with van der Waals surface area (Å²) in [6.45, 7) is 0. The molecule has 1 atom stereocenters. The number of hydroxylamine groups is 3. The number of fused-ring (bicyclic) bond motifs is 1. The molecule has 2 rings (SSSR count). The number of carbonyl (C=O) groups is 2. The lowest BCUT2D eigenvalue weighted by molar-refractivity contribution is -0.922. The first-order valence-electron chi connectivity index (χ1n) is 4.31. The summed E-state index contributed by atoms with van der Waals surface area (Å²) in [5.41, 5.74) is 0.334. The zero-order chi connectivity index (χ0) is 11.9. The number of rotatable bonds is 2. The van der Waals surface area contributed by atoms with E-state index in [4.69, 9.17) is 0 Å². The summed E-state index contributed by atoms with van der Waals surface area (Å²) in [5, 5.41) is 0. The highest BCUT2D eigenvalue weighted by Crippen LogP contribution is 2.28. The minimum absolute atomic E-state index is 0.167. The Kier molecular flexibility index (Phi) is 2.47. The van der Waals surface area contributed by atoms with Crippen molar-refractivity contribution in [1.29, 1.82) is 0 Å². The largest absolute Gasteiger partial charge is 0.745 e. The second-order valence-electron chi connectivity index (χ2n) is 3.36. The fourth-order valence-corrected chi connectivity index (χ4v) is 1.98. The van der Waals surface area contributed by atoms with Crippen molar-refractivity contribution in [2.45, 2.75) is 0 Å². The van der Waals surface area contributed by atoms with E-state index in [0.717, 1.165) is 7.05 Å². The van der Waals surface area contributed by atoms with Gasteiger partial charge >= 0.3 is 11.8 Å². The van der Waals surface area contributed by atoms with Gasteiger partial charge in [0.2, 0.25) is 0 Å². The first-order chi connectivity index (χ1) is 7.47. The SMILES string of the molecule is C[N+]1(OS(=O)[O-])C(=O)c2ccccc2C1=O. The molecule has 1 heterocycles. The van der Waals surface area contributed by atoms with Crippen molar-refractivity contribution < 1.29 is 27.3 Å². The summed E-state index contributed by atoms with van der Waals surface area (Å²) >= 11 is -2.94. The molecular weight excluding hydrogens is 234 g/mol. The van der Waals surface area contributed by atoms with Crippen molar-refractivity contribution in [1.82, 2.24) is 0 Å². The maximum absolute atomic E-state index is 11.8. The van der Waals surface area contributed by atoms with Gasteiger partial charge in [0.1, 0.15) is 18.4 Å². The predicted molar refractivity (Wildman–Crippen MR) is 51.3 cm³/mol. The van der Waals surface area contributed by atoms with Crippen LogP contribution in [-0.2, 0) is 15.6 Å². The van der Waals surface area contributed by atoms with E-state index in [9.17, 15) is 18.4 Å². The minimum atomic E-state index is -2.94. The van der Waals surface area contributed by atoms with E-state index in [2.05, 4.69) is 4.28 Å². The van der Waals surface area contributed by atoms with E-state index in [-0.39, 0.29) is 11.1 Å². The van der Waals surface area contributed by atoms with Crippen molar-refractivity contribution >= 4 is 23.2 Å². The average molecular weight is 241 g/mol. The summed E-state index contributed by atoms with van der Waals surface area (Å²) in [5.74, 6) is -1.38. The number of nitrogens with zero attached hydrogens (tertiary/aromatic N) is 1. The molecule has 1 aromatic rings. The molecule has 0 N–H and O–H groups in total. The molecule has 0 aliphatic carbocycles. The highest BCUT2D eigenvalue weighted by atomic mass is 32.2. The van der Waals surface area contributed by atoms with Crippen LogP contribution in [0.25, 0.3) is 0 Å². The lowest BCUT2D eigenvalue weighted by Crippen LogP contribution is -2.49.